The molecule has 1 saturated heterocycles. The number of rotatable bonds is 27. The maximum Gasteiger partial charge on any atom is 0.322 e. The highest BCUT2D eigenvalue weighted by molar-refractivity contribution is 6.24. The summed E-state index contributed by atoms with van der Waals surface area (Å²) in [5.41, 5.74) is 4.22. The number of benzene rings is 3. The lowest BCUT2D eigenvalue weighted by molar-refractivity contribution is -0.136. The van der Waals surface area contributed by atoms with Crippen LogP contribution in [0.4, 0.5) is 16.3 Å². The summed E-state index contributed by atoms with van der Waals surface area (Å²) in [7, 11) is 0. The van der Waals surface area contributed by atoms with E-state index in [9.17, 15) is 28.8 Å². The zero-order chi connectivity index (χ0) is 53.8. The molecule has 0 bridgehead atoms. The Morgan fingerprint density at radius 2 is 1.39 bits per heavy atom. The highest BCUT2D eigenvalue weighted by Crippen LogP contribution is 2.34. The molecule has 8 rings (SSSR count). The minimum absolute atomic E-state index is 0.000223. The number of ether oxygens (including phenoxy) is 6. The number of nitrogens with one attached hydrogen (secondary N) is 4. The van der Waals surface area contributed by atoms with Crippen molar-refractivity contribution in [2.24, 2.45) is 0 Å². The molecule has 7 amide bonds. The van der Waals surface area contributed by atoms with E-state index in [-0.39, 0.29) is 61.0 Å². The van der Waals surface area contributed by atoms with E-state index in [0.29, 0.717) is 70.8 Å². The highest BCUT2D eigenvalue weighted by Gasteiger charge is 2.46. The van der Waals surface area contributed by atoms with Crippen LogP contribution < -0.4 is 35.6 Å². The average Bonchev–Trinajstić information content (AvgIpc) is 3.76. The largest absolute Gasteiger partial charge is 0.483 e. The zero-order valence-corrected chi connectivity index (χ0v) is 42.5. The van der Waals surface area contributed by atoms with Gasteiger partial charge in [-0.2, -0.15) is 5.26 Å². The van der Waals surface area contributed by atoms with Crippen molar-refractivity contribution in [3.8, 4) is 28.8 Å². The van der Waals surface area contributed by atoms with Gasteiger partial charge < -0.3 is 44.4 Å². The van der Waals surface area contributed by atoms with Crippen LogP contribution in [0.5, 0.6) is 11.6 Å². The molecule has 1 saturated carbocycles. The number of hydrogen-bond acceptors (Lipinski definition) is 16. The van der Waals surface area contributed by atoms with Crippen LogP contribution in [-0.4, -0.2) is 141 Å². The van der Waals surface area contributed by atoms with Crippen molar-refractivity contribution in [1.82, 2.24) is 30.8 Å². The number of fused-ring (bicyclic) bond motifs is 1. The monoisotopic (exact) mass is 1050 g/mol. The Balaban J connectivity index is 0.654. The molecule has 1 atom stereocenters. The first-order valence-electron chi connectivity index (χ1n) is 25.6. The number of aromatic nitrogens is 2. The van der Waals surface area contributed by atoms with E-state index in [1.54, 1.807) is 18.5 Å². The molecule has 3 aromatic carbocycles. The summed E-state index contributed by atoms with van der Waals surface area (Å²) in [6, 6.07) is 30.6. The van der Waals surface area contributed by atoms with Gasteiger partial charge in [-0.05, 0) is 85.7 Å². The summed E-state index contributed by atoms with van der Waals surface area (Å²) < 4.78 is 33.6. The SMILES string of the molecule is N#Cc1ccc(N[C@H]2CC[C@H](N(C(=O)NCc3ccccc3)c3ccc(-c4ccc(OCCOCCOCCOCCOCCNC(=O)COc5cccc6c5C(=O)N(C5CCC(=O)NC5=O)C6=O)nc4)cc3)CC2)nc1. The van der Waals surface area contributed by atoms with Gasteiger partial charge in [0.05, 0.1) is 69.5 Å². The van der Waals surface area contributed by atoms with E-state index in [4.69, 9.17) is 33.7 Å². The Labute approximate surface area is 445 Å². The Morgan fingerprint density at radius 1 is 0.688 bits per heavy atom. The van der Waals surface area contributed by atoms with Crippen LogP contribution in [0, 0.1) is 11.3 Å². The van der Waals surface area contributed by atoms with Crippen molar-refractivity contribution in [2.45, 2.75) is 63.2 Å². The van der Waals surface area contributed by atoms with Crippen LogP contribution in [0.15, 0.2) is 109 Å². The van der Waals surface area contributed by atoms with Crippen molar-refractivity contribution < 1.29 is 57.2 Å². The quantitative estimate of drug-likeness (QED) is 0.0389. The molecule has 2 aromatic heterocycles. The second kappa shape index (κ2) is 28.0. The molecule has 4 N–H and O–H groups in total. The number of hydrogen-bond donors (Lipinski definition) is 4. The Bertz CT molecular complexity index is 2840. The molecule has 0 radical (unpaired) electrons. The number of anilines is 2. The van der Waals surface area contributed by atoms with Crippen molar-refractivity contribution >= 4 is 47.1 Å². The van der Waals surface area contributed by atoms with E-state index in [1.165, 1.54) is 18.2 Å². The summed E-state index contributed by atoms with van der Waals surface area (Å²) in [5, 5.41) is 20.6. The van der Waals surface area contributed by atoms with Crippen molar-refractivity contribution in [1.29, 1.82) is 5.26 Å². The number of imide groups is 2. The van der Waals surface area contributed by atoms with Crippen LogP contribution in [-0.2, 0) is 39.9 Å². The fourth-order valence-corrected chi connectivity index (χ4v) is 9.06. The fourth-order valence-electron chi connectivity index (χ4n) is 9.06. The molecule has 21 nitrogen and oxygen atoms in total. The van der Waals surface area contributed by atoms with Gasteiger partial charge in [-0.15, -0.1) is 0 Å². The standard InChI is InChI=1S/C56H61N9O12/c57-33-39-9-20-48(59-35-39)62-42-13-17-44(18-14-42)64(56(71)61-34-38-5-2-1-3-6-38)43-15-10-40(11-16-43)41-12-22-51(60-36-41)76-32-31-75-30-29-74-28-27-73-26-25-72-24-23-58-50(67)37-77-47-8-4-7-45-52(47)55(70)65(54(45)69)46-19-21-49(66)63-53(46)68/h1-12,15-16,20,22,35-36,42,44,46H,13-14,17-19,21,23-32,34,37H2,(H,58,67)(H,59,62)(H,61,71)(H,63,66,68)/t42-,44-,46?. The number of carbonyl (C=O) groups excluding carboxylic acids is 6. The van der Waals surface area contributed by atoms with E-state index in [2.05, 4.69) is 37.3 Å². The average molecular weight is 1050 g/mol. The molecular weight excluding hydrogens is 991 g/mol. The van der Waals surface area contributed by atoms with Gasteiger partial charge in [-0.3, -0.25) is 39.1 Å². The number of carbonyl (C=O) groups is 6. The zero-order valence-electron chi connectivity index (χ0n) is 42.5. The van der Waals surface area contributed by atoms with Crippen molar-refractivity contribution in [3.63, 3.8) is 0 Å². The lowest BCUT2D eigenvalue weighted by atomic mass is 9.89. The molecule has 1 unspecified atom stereocenters. The number of piperidine rings is 1. The second-order valence-corrected chi connectivity index (χ2v) is 18.2. The second-order valence-electron chi connectivity index (χ2n) is 18.2. The Kier molecular flexibility index (Phi) is 20.0. The van der Waals surface area contributed by atoms with Gasteiger partial charge in [-0.1, -0.05) is 48.5 Å². The molecule has 2 aliphatic heterocycles. The number of nitrogens with zero attached hydrogens (tertiary/aromatic N) is 5. The number of pyridine rings is 2. The first-order valence-corrected chi connectivity index (χ1v) is 25.6. The molecule has 0 spiro atoms. The van der Waals surface area contributed by atoms with E-state index in [0.717, 1.165) is 58.8 Å². The topological polar surface area (TPSA) is 262 Å². The predicted molar refractivity (Wildman–Crippen MR) is 280 cm³/mol. The molecule has 4 heterocycles. The fraction of sp³-hybridized carbons (Fsp3) is 0.375. The summed E-state index contributed by atoms with van der Waals surface area (Å²) in [4.78, 5) is 88.0. The lowest BCUT2D eigenvalue weighted by Gasteiger charge is -2.37. The van der Waals surface area contributed by atoms with Crippen LogP contribution in [0.1, 0.15) is 70.4 Å². The summed E-state index contributed by atoms with van der Waals surface area (Å²) in [6.45, 7) is 3.20. The number of amides is 7. The van der Waals surface area contributed by atoms with Crippen molar-refractivity contribution in [2.75, 3.05) is 82.8 Å². The number of urea groups is 1. The van der Waals surface area contributed by atoms with Crippen LogP contribution in [0.25, 0.3) is 11.1 Å². The number of nitriles is 1. The third-order valence-corrected chi connectivity index (χ3v) is 13.0. The van der Waals surface area contributed by atoms with Crippen LogP contribution >= 0.6 is 0 Å². The maximum atomic E-state index is 13.9. The summed E-state index contributed by atoms with van der Waals surface area (Å²) in [6.07, 6.45) is 6.69. The van der Waals surface area contributed by atoms with E-state index < -0.39 is 42.2 Å². The van der Waals surface area contributed by atoms with E-state index in [1.807, 2.05) is 77.7 Å². The van der Waals surface area contributed by atoms with Crippen LogP contribution in [0.3, 0.4) is 0 Å². The molecule has 2 fully saturated rings. The van der Waals surface area contributed by atoms with Gasteiger partial charge in [0.2, 0.25) is 17.7 Å². The summed E-state index contributed by atoms with van der Waals surface area (Å²) in [5.74, 6) is -1.80. The third kappa shape index (κ3) is 15.4. The van der Waals surface area contributed by atoms with Crippen LogP contribution in [0.2, 0.25) is 0 Å². The summed E-state index contributed by atoms with van der Waals surface area (Å²) >= 11 is 0. The van der Waals surface area contributed by atoms with Gasteiger partial charge in [0.1, 0.15) is 30.3 Å². The van der Waals surface area contributed by atoms with Gasteiger partial charge in [0, 0.05) is 61.3 Å². The smallest absolute Gasteiger partial charge is 0.322 e. The van der Waals surface area contributed by atoms with E-state index >= 15 is 0 Å². The lowest BCUT2D eigenvalue weighted by Crippen LogP contribution is -2.54. The Hall–Kier alpha value is -8.29. The molecule has 1 aliphatic carbocycles. The minimum Gasteiger partial charge on any atom is -0.483 e. The van der Waals surface area contributed by atoms with Gasteiger partial charge in [0.25, 0.3) is 17.7 Å². The predicted octanol–water partition coefficient (Wildman–Crippen LogP) is 5.20. The van der Waals surface area contributed by atoms with Gasteiger partial charge >= 0.3 is 6.03 Å². The van der Waals surface area contributed by atoms with Crippen molar-refractivity contribution in [3.05, 3.63) is 132 Å². The normalized spacial score (nSPS) is 17.0. The van der Waals surface area contributed by atoms with Gasteiger partial charge in [0.15, 0.2) is 6.61 Å². The molecule has 402 valence electrons. The first kappa shape index (κ1) is 55.0. The third-order valence-electron chi connectivity index (χ3n) is 13.0. The molecule has 77 heavy (non-hydrogen) atoms. The molecular formula is C56H61N9O12. The first-order chi connectivity index (χ1) is 37.6. The Morgan fingerprint density at radius 3 is 2.05 bits per heavy atom. The molecule has 5 aromatic rings. The molecule has 21 heteroatoms. The minimum atomic E-state index is -1.11. The highest BCUT2D eigenvalue weighted by atomic mass is 16.6. The maximum absolute atomic E-state index is 13.9. The molecule has 3 aliphatic rings. The van der Waals surface area contributed by atoms with Gasteiger partial charge in [-0.25, -0.2) is 14.8 Å².